The molecule has 31 heavy (non-hydrogen) atoms. The predicted octanol–water partition coefficient (Wildman–Crippen LogP) is 6.97. The van der Waals surface area contributed by atoms with E-state index < -0.39 is 16.9 Å². The number of nitrogens with one attached hydrogen (secondary N) is 1. The maximum atomic E-state index is 14.1. The van der Waals surface area contributed by atoms with E-state index in [9.17, 15) is 17.6 Å². The molecular weight excluding hydrogens is 432 g/mol. The molecule has 0 aliphatic heterocycles. The van der Waals surface area contributed by atoms with Gasteiger partial charge in [0, 0.05) is 18.1 Å². The molecule has 5 nitrogen and oxygen atoms in total. The second-order valence-electron chi connectivity index (χ2n) is 7.04. The van der Waals surface area contributed by atoms with Gasteiger partial charge in [0.1, 0.15) is 12.1 Å². The summed E-state index contributed by atoms with van der Waals surface area (Å²) in [5, 5.41) is 2.30. The van der Waals surface area contributed by atoms with Crippen molar-refractivity contribution < 1.29 is 22.3 Å². The SMILES string of the molecule is CCCCCCCCOc1ccc(Nc2nc(-n3ccnc3)c(F)s2)cc1C(F)(F)F. The van der Waals surface area contributed by atoms with Gasteiger partial charge in [-0.3, -0.25) is 4.57 Å². The van der Waals surface area contributed by atoms with Gasteiger partial charge in [-0.2, -0.15) is 22.5 Å². The molecule has 2 heterocycles. The fourth-order valence-electron chi connectivity index (χ4n) is 3.03. The highest BCUT2D eigenvalue weighted by Gasteiger charge is 2.35. The van der Waals surface area contributed by atoms with Gasteiger partial charge in [0.15, 0.2) is 10.9 Å². The van der Waals surface area contributed by atoms with Crippen LogP contribution in [0.5, 0.6) is 5.75 Å². The molecule has 1 aromatic carbocycles. The number of alkyl halides is 3. The van der Waals surface area contributed by atoms with Crippen LogP contribution < -0.4 is 10.1 Å². The van der Waals surface area contributed by atoms with E-state index in [4.69, 9.17) is 4.74 Å². The normalized spacial score (nSPS) is 11.6. The number of benzene rings is 1. The molecule has 3 aromatic rings. The van der Waals surface area contributed by atoms with Gasteiger partial charge < -0.3 is 10.1 Å². The lowest BCUT2D eigenvalue weighted by molar-refractivity contribution is -0.138. The van der Waals surface area contributed by atoms with Crippen molar-refractivity contribution in [2.45, 2.75) is 51.6 Å². The summed E-state index contributed by atoms with van der Waals surface area (Å²) in [5.41, 5.74) is -0.736. The summed E-state index contributed by atoms with van der Waals surface area (Å²) in [7, 11) is 0. The Balaban J connectivity index is 1.67. The number of ether oxygens (including phenoxy) is 1. The third kappa shape index (κ3) is 6.43. The molecule has 0 saturated heterocycles. The van der Waals surface area contributed by atoms with E-state index in [1.54, 1.807) is 0 Å². The standard InChI is InChI=1S/C21H24F4N4OS/c1-2-3-4-5-6-7-12-30-17-9-8-15(13-16(17)21(23,24)25)27-20-28-19(18(22)31-20)29-11-10-26-14-29/h8-11,13-14H,2-7,12H2,1H3,(H,27,28). The van der Waals surface area contributed by atoms with Crippen LogP contribution in [0, 0.1) is 5.13 Å². The van der Waals surface area contributed by atoms with E-state index in [1.165, 1.54) is 41.8 Å². The predicted molar refractivity (Wildman–Crippen MR) is 113 cm³/mol. The van der Waals surface area contributed by atoms with E-state index in [-0.39, 0.29) is 29.0 Å². The van der Waals surface area contributed by atoms with Crippen LogP contribution in [0.1, 0.15) is 51.0 Å². The molecule has 0 atom stereocenters. The van der Waals surface area contributed by atoms with Crippen LogP contribution in [0.3, 0.4) is 0 Å². The lowest BCUT2D eigenvalue weighted by Gasteiger charge is -2.15. The molecule has 168 valence electrons. The smallest absolute Gasteiger partial charge is 0.420 e. The van der Waals surface area contributed by atoms with Crippen LogP contribution in [-0.4, -0.2) is 21.1 Å². The molecule has 0 unspecified atom stereocenters. The summed E-state index contributed by atoms with van der Waals surface area (Å²) in [6.07, 6.45) is 5.94. The number of aromatic nitrogens is 3. The van der Waals surface area contributed by atoms with Gasteiger partial charge >= 0.3 is 6.18 Å². The molecule has 10 heteroatoms. The number of rotatable bonds is 11. The largest absolute Gasteiger partial charge is 0.493 e. The zero-order valence-corrected chi connectivity index (χ0v) is 17.9. The van der Waals surface area contributed by atoms with E-state index in [0.29, 0.717) is 17.8 Å². The summed E-state index contributed by atoms with van der Waals surface area (Å²) in [6, 6.07) is 3.69. The first kappa shape index (κ1) is 23.1. The summed E-state index contributed by atoms with van der Waals surface area (Å²) >= 11 is 0.700. The van der Waals surface area contributed by atoms with Crippen molar-refractivity contribution in [3.8, 4) is 11.6 Å². The number of hydrogen-bond acceptors (Lipinski definition) is 5. The average molecular weight is 457 g/mol. The van der Waals surface area contributed by atoms with Crippen LogP contribution in [0.15, 0.2) is 36.9 Å². The van der Waals surface area contributed by atoms with Gasteiger partial charge in [0.25, 0.3) is 0 Å². The molecular formula is C21H24F4N4OS. The van der Waals surface area contributed by atoms with Crippen LogP contribution in [0.4, 0.5) is 28.4 Å². The molecule has 0 saturated carbocycles. The highest BCUT2D eigenvalue weighted by Crippen LogP contribution is 2.39. The molecule has 0 bridgehead atoms. The molecule has 0 spiro atoms. The van der Waals surface area contributed by atoms with Gasteiger partial charge in [0.05, 0.1) is 12.2 Å². The van der Waals surface area contributed by atoms with Gasteiger partial charge in [0.2, 0.25) is 5.13 Å². The van der Waals surface area contributed by atoms with Crippen molar-refractivity contribution in [3.05, 3.63) is 47.6 Å². The van der Waals surface area contributed by atoms with Crippen molar-refractivity contribution in [1.82, 2.24) is 14.5 Å². The van der Waals surface area contributed by atoms with Crippen molar-refractivity contribution in [2.24, 2.45) is 0 Å². The van der Waals surface area contributed by atoms with Gasteiger partial charge in [-0.15, -0.1) is 0 Å². The Morgan fingerprint density at radius 1 is 1.13 bits per heavy atom. The van der Waals surface area contributed by atoms with E-state index in [1.807, 2.05) is 0 Å². The number of nitrogens with zero attached hydrogens (tertiary/aromatic N) is 3. The first-order valence-corrected chi connectivity index (χ1v) is 11.0. The third-order valence-electron chi connectivity index (χ3n) is 4.61. The number of unbranched alkanes of at least 4 members (excludes halogenated alkanes) is 5. The third-order valence-corrected chi connectivity index (χ3v) is 5.36. The first-order chi connectivity index (χ1) is 14.9. The lowest BCUT2D eigenvalue weighted by atomic mass is 10.1. The number of hydrogen-bond donors (Lipinski definition) is 1. The summed E-state index contributed by atoms with van der Waals surface area (Å²) in [6.45, 7) is 2.36. The minimum atomic E-state index is -4.58. The van der Waals surface area contributed by atoms with Crippen molar-refractivity contribution in [3.63, 3.8) is 0 Å². The van der Waals surface area contributed by atoms with Crippen molar-refractivity contribution in [1.29, 1.82) is 0 Å². The van der Waals surface area contributed by atoms with E-state index >= 15 is 0 Å². The second-order valence-corrected chi connectivity index (χ2v) is 7.99. The molecule has 0 radical (unpaired) electrons. The maximum absolute atomic E-state index is 14.1. The number of imidazole rings is 1. The second kappa shape index (κ2) is 10.6. The Morgan fingerprint density at radius 3 is 2.61 bits per heavy atom. The Morgan fingerprint density at radius 2 is 1.90 bits per heavy atom. The van der Waals surface area contributed by atoms with Gasteiger partial charge in [-0.25, -0.2) is 4.98 Å². The summed E-state index contributed by atoms with van der Waals surface area (Å²) in [5.74, 6) is -0.184. The highest BCUT2D eigenvalue weighted by atomic mass is 32.1. The summed E-state index contributed by atoms with van der Waals surface area (Å²) in [4.78, 5) is 7.93. The number of anilines is 2. The minimum absolute atomic E-state index is 0.0277. The first-order valence-electron chi connectivity index (χ1n) is 10.1. The van der Waals surface area contributed by atoms with Gasteiger partial charge in [-0.05, 0) is 24.6 Å². The highest BCUT2D eigenvalue weighted by molar-refractivity contribution is 7.14. The zero-order chi connectivity index (χ0) is 22.3. The van der Waals surface area contributed by atoms with Crippen LogP contribution >= 0.6 is 11.3 Å². The quantitative estimate of drug-likeness (QED) is 0.250. The molecule has 0 aliphatic rings. The van der Waals surface area contributed by atoms with E-state index in [0.717, 1.165) is 31.7 Å². The fraction of sp³-hybridized carbons (Fsp3) is 0.429. The number of halogens is 4. The number of thiazole rings is 1. The Bertz CT molecular complexity index is 957. The molecule has 0 fully saturated rings. The van der Waals surface area contributed by atoms with Crippen molar-refractivity contribution >= 4 is 22.2 Å². The Labute approximate surface area is 182 Å². The molecule has 1 N–H and O–H groups in total. The molecule has 2 aromatic heterocycles. The van der Waals surface area contributed by atoms with Crippen LogP contribution in [-0.2, 0) is 6.18 Å². The Kier molecular flexibility index (Phi) is 7.89. The molecule has 0 amide bonds. The van der Waals surface area contributed by atoms with E-state index in [2.05, 4.69) is 22.2 Å². The average Bonchev–Trinajstić information content (AvgIpc) is 3.37. The Hall–Kier alpha value is -2.62. The van der Waals surface area contributed by atoms with Crippen molar-refractivity contribution in [2.75, 3.05) is 11.9 Å². The van der Waals surface area contributed by atoms with Crippen LogP contribution in [0.2, 0.25) is 0 Å². The van der Waals surface area contributed by atoms with Gasteiger partial charge in [-0.1, -0.05) is 50.4 Å². The fourth-order valence-corrected chi connectivity index (χ4v) is 3.75. The maximum Gasteiger partial charge on any atom is 0.420 e. The van der Waals surface area contributed by atoms with Crippen LogP contribution in [0.25, 0.3) is 5.82 Å². The molecule has 3 rings (SSSR count). The zero-order valence-electron chi connectivity index (χ0n) is 17.1. The minimum Gasteiger partial charge on any atom is -0.493 e. The topological polar surface area (TPSA) is 52.0 Å². The molecule has 0 aliphatic carbocycles. The monoisotopic (exact) mass is 456 g/mol. The summed E-state index contributed by atoms with van der Waals surface area (Å²) < 4.78 is 61.6. The lowest BCUT2D eigenvalue weighted by Crippen LogP contribution is -2.10.